The topological polar surface area (TPSA) is 37.3 Å². The van der Waals surface area contributed by atoms with E-state index in [1.54, 1.807) is 0 Å². The van der Waals surface area contributed by atoms with E-state index in [9.17, 15) is 4.79 Å². The Kier molecular flexibility index (Phi) is 5.74. The predicted molar refractivity (Wildman–Crippen MR) is 106 cm³/mol. The highest BCUT2D eigenvalue weighted by Crippen LogP contribution is 2.16. The molecule has 1 aromatic heterocycles. The van der Waals surface area contributed by atoms with Crippen LogP contribution in [0.25, 0.3) is 0 Å². The van der Waals surface area contributed by atoms with Gasteiger partial charge in [0.1, 0.15) is 6.04 Å². The first kappa shape index (κ1) is 17.8. The largest absolute Gasteiger partial charge is 0.378 e. The summed E-state index contributed by atoms with van der Waals surface area (Å²) in [5.74, 6) is 0.0294. The molecule has 1 unspecified atom stereocenters. The fraction of sp³-hybridized carbons (Fsp3) is 0.227. The highest BCUT2D eigenvalue weighted by Gasteiger charge is 2.19. The minimum absolute atomic E-state index is 0.0294. The molecule has 1 heterocycles. The van der Waals surface area contributed by atoms with Gasteiger partial charge in [0.25, 0.3) is 0 Å². The average molecular weight is 347 g/mol. The number of hydrogen-bond donors (Lipinski definition) is 1. The quantitative estimate of drug-likeness (QED) is 0.708. The van der Waals surface area contributed by atoms with Crippen molar-refractivity contribution >= 4 is 11.6 Å². The predicted octanol–water partition coefficient (Wildman–Crippen LogP) is 3.65. The summed E-state index contributed by atoms with van der Waals surface area (Å²) in [4.78, 5) is 14.9. The lowest BCUT2D eigenvalue weighted by atomic mass is 10.0. The third-order valence-electron chi connectivity index (χ3n) is 4.48. The Morgan fingerprint density at radius 2 is 1.58 bits per heavy atom. The second-order valence-electron chi connectivity index (χ2n) is 6.61. The molecule has 4 nitrogen and oxygen atoms in total. The summed E-state index contributed by atoms with van der Waals surface area (Å²) in [6.45, 7) is 0.527. The monoisotopic (exact) mass is 347 g/mol. The normalized spacial score (nSPS) is 11.8. The van der Waals surface area contributed by atoms with E-state index in [4.69, 9.17) is 0 Å². The van der Waals surface area contributed by atoms with Gasteiger partial charge in [0.15, 0.2) is 0 Å². The summed E-state index contributed by atoms with van der Waals surface area (Å²) < 4.78 is 1.97. The van der Waals surface area contributed by atoms with E-state index in [1.165, 1.54) is 0 Å². The van der Waals surface area contributed by atoms with E-state index < -0.39 is 0 Å². The molecule has 1 N–H and O–H groups in total. The van der Waals surface area contributed by atoms with Crippen LogP contribution in [0.4, 0.5) is 5.69 Å². The number of hydrogen-bond acceptors (Lipinski definition) is 2. The van der Waals surface area contributed by atoms with E-state index in [-0.39, 0.29) is 11.9 Å². The molecule has 0 fully saturated rings. The molecule has 0 radical (unpaired) electrons. The molecule has 3 rings (SSSR count). The zero-order valence-electron chi connectivity index (χ0n) is 15.3. The number of amides is 1. The Hall–Kier alpha value is -3.01. The van der Waals surface area contributed by atoms with Crippen LogP contribution < -0.4 is 10.2 Å². The van der Waals surface area contributed by atoms with Gasteiger partial charge < -0.3 is 14.8 Å². The van der Waals surface area contributed by atoms with Crippen molar-refractivity contribution in [2.45, 2.75) is 19.0 Å². The molecule has 0 bridgehead atoms. The SMILES string of the molecule is CN(C)c1ccc(CNC(=O)C(Cc2ccccc2)n2cccc2)cc1. The molecule has 3 aromatic rings. The van der Waals surface area contributed by atoms with E-state index >= 15 is 0 Å². The molecule has 0 saturated heterocycles. The Bertz CT molecular complexity index is 808. The van der Waals surface area contributed by atoms with Crippen molar-refractivity contribution < 1.29 is 4.79 Å². The van der Waals surface area contributed by atoms with Crippen molar-refractivity contribution in [2.24, 2.45) is 0 Å². The highest BCUT2D eigenvalue weighted by molar-refractivity contribution is 5.80. The number of carbonyl (C=O) groups excluding carboxylic acids is 1. The van der Waals surface area contributed by atoms with Crippen LogP contribution in [-0.4, -0.2) is 24.6 Å². The zero-order valence-corrected chi connectivity index (χ0v) is 15.3. The van der Waals surface area contributed by atoms with Crippen molar-refractivity contribution in [3.05, 3.63) is 90.3 Å². The van der Waals surface area contributed by atoms with Crippen LogP contribution in [0.5, 0.6) is 0 Å². The van der Waals surface area contributed by atoms with Gasteiger partial charge in [0.05, 0.1) is 0 Å². The summed E-state index contributed by atoms with van der Waals surface area (Å²) in [6.07, 6.45) is 4.55. The standard InChI is InChI=1S/C22H25N3O/c1-24(2)20-12-10-19(11-13-20)17-23-22(26)21(25-14-6-7-15-25)16-18-8-4-3-5-9-18/h3-15,21H,16-17H2,1-2H3,(H,23,26). The molecule has 134 valence electrons. The molecule has 0 spiro atoms. The zero-order chi connectivity index (χ0) is 18.4. The third kappa shape index (κ3) is 4.54. The van der Waals surface area contributed by atoms with E-state index in [1.807, 2.05) is 61.4 Å². The molecule has 0 saturated carbocycles. The van der Waals surface area contributed by atoms with Crippen LogP contribution in [0.1, 0.15) is 17.2 Å². The first-order chi connectivity index (χ1) is 12.6. The van der Waals surface area contributed by atoms with Gasteiger partial charge in [-0.15, -0.1) is 0 Å². The van der Waals surface area contributed by atoms with Crippen LogP contribution in [0.15, 0.2) is 79.1 Å². The fourth-order valence-corrected chi connectivity index (χ4v) is 2.95. The Morgan fingerprint density at radius 3 is 2.19 bits per heavy atom. The minimum Gasteiger partial charge on any atom is -0.378 e. The average Bonchev–Trinajstić information content (AvgIpc) is 3.19. The van der Waals surface area contributed by atoms with Crippen LogP contribution in [0, 0.1) is 0 Å². The molecule has 1 amide bonds. The molecule has 1 atom stereocenters. The molecule has 4 heteroatoms. The maximum atomic E-state index is 12.9. The summed E-state index contributed by atoms with van der Waals surface area (Å²) >= 11 is 0. The first-order valence-electron chi connectivity index (χ1n) is 8.84. The number of benzene rings is 2. The van der Waals surface area contributed by atoms with Crippen molar-refractivity contribution in [2.75, 3.05) is 19.0 Å². The molecule has 2 aromatic carbocycles. The van der Waals surface area contributed by atoms with Gasteiger partial charge in [-0.2, -0.15) is 0 Å². The number of nitrogens with zero attached hydrogens (tertiary/aromatic N) is 2. The Labute approximate surface area is 155 Å². The lowest BCUT2D eigenvalue weighted by Crippen LogP contribution is -2.33. The molecule has 0 aliphatic carbocycles. The second kappa shape index (κ2) is 8.39. The van der Waals surface area contributed by atoms with Gasteiger partial charge in [-0.1, -0.05) is 42.5 Å². The maximum absolute atomic E-state index is 12.9. The third-order valence-corrected chi connectivity index (χ3v) is 4.48. The summed E-state index contributed by atoms with van der Waals surface area (Å²) in [7, 11) is 4.03. The Morgan fingerprint density at radius 1 is 0.923 bits per heavy atom. The molecule has 0 aliphatic heterocycles. The molecule has 0 aliphatic rings. The number of nitrogens with one attached hydrogen (secondary N) is 1. The van der Waals surface area contributed by atoms with Gasteiger partial charge in [0.2, 0.25) is 5.91 Å². The number of rotatable bonds is 7. The molecule has 26 heavy (non-hydrogen) atoms. The van der Waals surface area contributed by atoms with Crippen LogP contribution in [0.3, 0.4) is 0 Å². The lowest BCUT2D eigenvalue weighted by molar-refractivity contribution is -0.124. The Balaban J connectivity index is 1.67. The molecular formula is C22H25N3O. The van der Waals surface area contributed by atoms with Crippen molar-refractivity contribution in [3.63, 3.8) is 0 Å². The fourth-order valence-electron chi connectivity index (χ4n) is 2.95. The van der Waals surface area contributed by atoms with Crippen LogP contribution >= 0.6 is 0 Å². The van der Waals surface area contributed by atoms with Gasteiger partial charge >= 0.3 is 0 Å². The van der Waals surface area contributed by atoms with Gasteiger partial charge in [-0.25, -0.2) is 0 Å². The summed E-state index contributed by atoms with van der Waals surface area (Å²) in [6, 6.07) is 22.0. The summed E-state index contributed by atoms with van der Waals surface area (Å²) in [5.41, 5.74) is 3.39. The second-order valence-corrected chi connectivity index (χ2v) is 6.61. The van der Waals surface area contributed by atoms with Crippen molar-refractivity contribution in [1.29, 1.82) is 0 Å². The smallest absolute Gasteiger partial charge is 0.243 e. The van der Waals surface area contributed by atoms with Gasteiger partial charge in [0, 0.05) is 45.1 Å². The van der Waals surface area contributed by atoms with Gasteiger partial charge in [-0.05, 0) is 35.4 Å². The van der Waals surface area contributed by atoms with E-state index in [0.29, 0.717) is 13.0 Å². The maximum Gasteiger partial charge on any atom is 0.243 e. The summed E-state index contributed by atoms with van der Waals surface area (Å²) in [5, 5.41) is 3.08. The van der Waals surface area contributed by atoms with E-state index in [0.717, 1.165) is 16.8 Å². The van der Waals surface area contributed by atoms with Crippen molar-refractivity contribution in [3.8, 4) is 0 Å². The van der Waals surface area contributed by atoms with Gasteiger partial charge in [-0.3, -0.25) is 4.79 Å². The number of anilines is 1. The van der Waals surface area contributed by atoms with Crippen LogP contribution in [-0.2, 0) is 17.8 Å². The minimum atomic E-state index is -0.256. The van der Waals surface area contributed by atoms with Crippen LogP contribution in [0.2, 0.25) is 0 Å². The molecular weight excluding hydrogens is 322 g/mol. The first-order valence-corrected chi connectivity index (χ1v) is 8.84. The van der Waals surface area contributed by atoms with Crippen molar-refractivity contribution in [1.82, 2.24) is 9.88 Å². The van der Waals surface area contributed by atoms with E-state index in [2.05, 4.69) is 46.6 Å². The lowest BCUT2D eigenvalue weighted by Gasteiger charge is -2.19. The number of aromatic nitrogens is 1. The highest BCUT2D eigenvalue weighted by atomic mass is 16.2. The number of carbonyl (C=O) groups is 1.